The van der Waals surface area contributed by atoms with Crippen molar-refractivity contribution in [3.05, 3.63) is 54.9 Å². The topological polar surface area (TPSA) is 38.7 Å². The van der Waals surface area contributed by atoms with Gasteiger partial charge in [0.15, 0.2) is 0 Å². The first-order valence-corrected chi connectivity index (χ1v) is 5.26. The van der Waals surface area contributed by atoms with Crippen LogP contribution in [0.3, 0.4) is 0 Å². The molecule has 0 unspecified atom stereocenters. The fourth-order valence-corrected chi connectivity index (χ4v) is 1.60. The van der Waals surface area contributed by atoms with Crippen molar-refractivity contribution in [1.82, 2.24) is 14.6 Å². The van der Waals surface area contributed by atoms with Gasteiger partial charge in [-0.3, -0.25) is 4.98 Å². The smallest absolute Gasteiger partial charge is 0.105 e. The van der Waals surface area contributed by atoms with Crippen molar-refractivity contribution in [2.75, 3.05) is 0 Å². The molecule has 0 fully saturated rings. The van der Waals surface area contributed by atoms with Crippen LogP contribution in [0.1, 0.15) is 0 Å². The summed E-state index contributed by atoms with van der Waals surface area (Å²) in [5.41, 5.74) is 0.988. The first-order chi connectivity index (χ1) is 7.47. The van der Waals surface area contributed by atoms with Crippen molar-refractivity contribution >= 4 is 21.7 Å². The molecule has 3 aromatic rings. The van der Waals surface area contributed by atoms with E-state index in [9.17, 15) is 0 Å². The van der Waals surface area contributed by atoms with Gasteiger partial charge in [-0.15, -0.1) is 5.10 Å². The predicted octanol–water partition coefficient (Wildman–Crippen LogP) is 2.77. The maximum absolute atomic E-state index is 3.89. The fraction of sp³-hybridized carbons (Fsp3) is 0. The van der Waals surface area contributed by atoms with E-state index in [1.54, 1.807) is 12.4 Å². The van der Waals surface area contributed by atoms with Gasteiger partial charge in [0.05, 0.1) is 4.70 Å². The standard InChI is InChI=1S/C6H4N2S.C5H5N/c1-2-4-6-5(3-1)7-8-9-6;1-2-4-6-5-3-1/h1-4H;1-5H. The van der Waals surface area contributed by atoms with E-state index in [1.165, 1.54) is 11.5 Å². The second-order valence-corrected chi connectivity index (χ2v) is 3.55. The molecular formula is C11H9N3S. The molecule has 2 heterocycles. The summed E-state index contributed by atoms with van der Waals surface area (Å²) in [5, 5.41) is 3.89. The largest absolute Gasteiger partial charge is 0.265 e. The first kappa shape index (κ1) is 9.73. The second-order valence-electron chi connectivity index (χ2n) is 2.77. The molecule has 0 bridgehead atoms. The Morgan fingerprint density at radius 3 is 2.27 bits per heavy atom. The molecular weight excluding hydrogens is 206 g/mol. The summed E-state index contributed by atoms with van der Waals surface area (Å²) in [6, 6.07) is 13.6. The van der Waals surface area contributed by atoms with Gasteiger partial charge in [0, 0.05) is 12.4 Å². The van der Waals surface area contributed by atoms with Crippen LogP contribution in [0.25, 0.3) is 10.2 Å². The van der Waals surface area contributed by atoms with E-state index in [1.807, 2.05) is 42.5 Å². The van der Waals surface area contributed by atoms with Gasteiger partial charge in [0.1, 0.15) is 5.52 Å². The van der Waals surface area contributed by atoms with Crippen LogP contribution in [0.2, 0.25) is 0 Å². The van der Waals surface area contributed by atoms with Gasteiger partial charge >= 0.3 is 0 Å². The Kier molecular flexibility index (Phi) is 3.35. The van der Waals surface area contributed by atoms with E-state index in [-0.39, 0.29) is 0 Å². The zero-order chi connectivity index (χ0) is 10.3. The highest BCUT2D eigenvalue weighted by atomic mass is 32.1. The van der Waals surface area contributed by atoms with Gasteiger partial charge in [-0.1, -0.05) is 22.7 Å². The van der Waals surface area contributed by atoms with E-state index in [2.05, 4.69) is 14.6 Å². The van der Waals surface area contributed by atoms with E-state index in [0.717, 1.165) is 10.2 Å². The zero-order valence-electron chi connectivity index (χ0n) is 7.95. The number of benzene rings is 1. The molecule has 15 heavy (non-hydrogen) atoms. The van der Waals surface area contributed by atoms with Crippen molar-refractivity contribution < 1.29 is 0 Å². The summed E-state index contributed by atoms with van der Waals surface area (Å²) >= 11 is 1.43. The van der Waals surface area contributed by atoms with E-state index >= 15 is 0 Å². The van der Waals surface area contributed by atoms with Crippen LogP contribution in [-0.4, -0.2) is 14.6 Å². The lowest BCUT2D eigenvalue weighted by molar-refractivity contribution is 1.20. The summed E-state index contributed by atoms with van der Waals surface area (Å²) < 4.78 is 4.94. The van der Waals surface area contributed by atoms with Gasteiger partial charge in [-0.2, -0.15) is 0 Å². The lowest BCUT2D eigenvalue weighted by Gasteiger charge is -1.78. The number of fused-ring (bicyclic) bond motifs is 1. The number of nitrogens with zero attached hydrogens (tertiary/aromatic N) is 3. The highest BCUT2D eigenvalue weighted by Crippen LogP contribution is 2.12. The third kappa shape index (κ3) is 2.82. The quantitative estimate of drug-likeness (QED) is 0.578. The van der Waals surface area contributed by atoms with Gasteiger partial charge in [0.25, 0.3) is 0 Å². The molecule has 0 N–H and O–H groups in total. The van der Waals surface area contributed by atoms with Crippen LogP contribution < -0.4 is 0 Å². The molecule has 0 saturated carbocycles. The molecule has 2 aromatic heterocycles. The van der Waals surface area contributed by atoms with Crippen molar-refractivity contribution in [2.45, 2.75) is 0 Å². The maximum atomic E-state index is 3.89. The lowest BCUT2D eigenvalue weighted by atomic mass is 10.3. The fourth-order valence-electron chi connectivity index (χ4n) is 1.04. The first-order valence-electron chi connectivity index (χ1n) is 4.49. The third-order valence-electron chi connectivity index (χ3n) is 1.72. The normalized spacial score (nSPS) is 9.33. The zero-order valence-corrected chi connectivity index (χ0v) is 8.76. The molecule has 3 rings (SSSR count). The van der Waals surface area contributed by atoms with Gasteiger partial charge in [0.2, 0.25) is 0 Å². The molecule has 4 heteroatoms. The number of rotatable bonds is 0. The Hall–Kier alpha value is -1.81. The summed E-state index contributed by atoms with van der Waals surface area (Å²) in [6.45, 7) is 0. The summed E-state index contributed by atoms with van der Waals surface area (Å²) in [5.74, 6) is 0. The van der Waals surface area contributed by atoms with Crippen molar-refractivity contribution in [3.63, 3.8) is 0 Å². The minimum absolute atomic E-state index is 0.988. The lowest BCUT2D eigenvalue weighted by Crippen LogP contribution is -1.63. The Labute approximate surface area is 91.6 Å². The summed E-state index contributed by atoms with van der Waals surface area (Å²) in [7, 11) is 0. The minimum Gasteiger partial charge on any atom is -0.265 e. The Morgan fingerprint density at radius 2 is 1.67 bits per heavy atom. The Morgan fingerprint density at radius 1 is 0.867 bits per heavy atom. The molecule has 0 amide bonds. The molecule has 0 radical (unpaired) electrons. The number of aromatic nitrogens is 3. The number of hydrogen-bond acceptors (Lipinski definition) is 4. The highest BCUT2D eigenvalue weighted by Gasteiger charge is 1.91. The molecule has 0 spiro atoms. The maximum Gasteiger partial charge on any atom is 0.105 e. The van der Waals surface area contributed by atoms with E-state index in [4.69, 9.17) is 0 Å². The van der Waals surface area contributed by atoms with Crippen LogP contribution in [0.4, 0.5) is 0 Å². The monoisotopic (exact) mass is 215 g/mol. The van der Waals surface area contributed by atoms with Crippen LogP contribution in [0.5, 0.6) is 0 Å². The van der Waals surface area contributed by atoms with Crippen molar-refractivity contribution in [1.29, 1.82) is 0 Å². The van der Waals surface area contributed by atoms with E-state index < -0.39 is 0 Å². The predicted molar refractivity (Wildman–Crippen MR) is 61.7 cm³/mol. The number of hydrogen-bond donors (Lipinski definition) is 0. The molecule has 0 aliphatic carbocycles. The average Bonchev–Trinajstić information content (AvgIpc) is 2.80. The number of pyridine rings is 1. The van der Waals surface area contributed by atoms with Crippen LogP contribution in [-0.2, 0) is 0 Å². The summed E-state index contributed by atoms with van der Waals surface area (Å²) in [4.78, 5) is 3.78. The molecule has 0 aliphatic rings. The van der Waals surface area contributed by atoms with Crippen LogP contribution in [0.15, 0.2) is 54.9 Å². The van der Waals surface area contributed by atoms with Crippen LogP contribution in [0, 0.1) is 0 Å². The van der Waals surface area contributed by atoms with Gasteiger partial charge in [-0.05, 0) is 35.8 Å². The molecule has 74 valence electrons. The third-order valence-corrected chi connectivity index (χ3v) is 2.42. The summed E-state index contributed by atoms with van der Waals surface area (Å²) in [6.07, 6.45) is 3.50. The molecule has 3 nitrogen and oxygen atoms in total. The highest BCUT2D eigenvalue weighted by molar-refractivity contribution is 7.12. The van der Waals surface area contributed by atoms with Gasteiger partial charge < -0.3 is 0 Å². The Bertz CT molecular complexity index is 450. The molecule has 0 aliphatic heterocycles. The molecule has 0 atom stereocenters. The molecule has 1 aromatic carbocycles. The second kappa shape index (κ2) is 5.17. The Balaban J connectivity index is 0.000000124. The van der Waals surface area contributed by atoms with E-state index in [0.29, 0.717) is 0 Å². The average molecular weight is 215 g/mol. The van der Waals surface area contributed by atoms with Gasteiger partial charge in [-0.25, -0.2) is 0 Å². The minimum atomic E-state index is 0.988. The molecule has 0 saturated heterocycles. The SMILES string of the molecule is c1ccc2snnc2c1.c1ccncc1. The van der Waals surface area contributed by atoms with Crippen molar-refractivity contribution in [3.8, 4) is 0 Å². The van der Waals surface area contributed by atoms with Crippen LogP contribution >= 0.6 is 11.5 Å². The van der Waals surface area contributed by atoms with Crippen molar-refractivity contribution in [2.24, 2.45) is 0 Å².